The van der Waals surface area contributed by atoms with Crippen LogP contribution in [0.5, 0.6) is 0 Å². The normalized spacial score (nSPS) is 10.9. The van der Waals surface area contributed by atoms with Crippen molar-refractivity contribution in [1.82, 2.24) is 10.3 Å². The minimum Gasteiger partial charge on any atom is -0.354 e. The molecule has 4 nitrogen and oxygen atoms in total. The Morgan fingerprint density at radius 2 is 1.78 bits per heavy atom. The molecule has 1 amide bonds. The Morgan fingerprint density at radius 1 is 1.13 bits per heavy atom. The first-order chi connectivity index (χ1) is 10.9. The van der Waals surface area contributed by atoms with Crippen molar-refractivity contribution in [3.05, 3.63) is 66.5 Å². The molecule has 1 heterocycles. The van der Waals surface area contributed by atoms with Crippen LogP contribution in [-0.2, 0) is 5.41 Å². The molecule has 0 radical (unpaired) electrons. The summed E-state index contributed by atoms with van der Waals surface area (Å²) in [4.78, 5) is 15.9. The molecule has 2 aromatic rings. The monoisotopic (exact) mass is 309 g/mol. The van der Waals surface area contributed by atoms with E-state index >= 15 is 0 Å². The third kappa shape index (κ3) is 4.68. The molecule has 0 aliphatic rings. The lowest BCUT2D eigenvalue weighted by atomic mass is 9.87. The van der Waals surface area contributed by atoms with Crippen molar-refractivity contribution in [1.29, 1.82) is 0 Å². The van der Waals surface area contributed by atoms with Crippen LogP contribution in [0, 0.1) is 0 Å². The Morgan fingerprint density at radius 3 is 2.30 bits per heavy atom. The summed E-state index contributed by atoms with van der Waals surface area (Å²) in [5.41, 5.74) is 3.65. The van der Waals surface area contributed by atoms with Crippen LogP contribution in [0.15, 0.2) is 55.3 Å². The van der Waals surface area contributed by atoms with E-state index in [2.05, 4.69) is 55.1 Å². The van der Waals surface area contributed by atoms with Crippen molar-refractivity contribution in [2.24, 2.45) is 0 Å². The van der Waals surface area contributed by atoms with Gasteiger partial charge in [0.15, 0.2) is 0 Å². The van der Waals surface area contributed by atoms with Gasteiger partial charge in [-0.15, -0.1) is 6.58 Å². The van der Waals surface area contributed by atoms with Crippen LogP contribution in [0.3, 0.4) is 0 Å². The van der Waals surface area contributed by atoms with E-state index in [1.54, 1.807) is 18.3 Å². The summed E-state index contributed by atoms with van der Waals surface area (Å²) in [6.45, 7) is 10.6. The molecule has 0 saturated carbocycles. The number of nitrogens with zero attached hydrogens (tertiary/aromatic N) is 1. The molecule has 4 heteroatoms. The van der Waals surface area contributed by atoms with Crippen molar-refractivity contribution in [2.45, 2.75) is 26.2 Å². The first-order valence-electron chi connectivity index (χ1n) is 7.63. The lowest BCUT2D eigenvalue weighted by Crippen LogP contribution is -2.24. The number of amides is 1. The highest BCUT2D eigenvalue weighted by Gasteiger charge is 2.12. The van der Waals surface area contributed by atoms with Gasteiger partial charge in [0, 0.05) is 12.2 Å². The van der Waals surface area contributed by atoms with Gasteiger partial charge in [-0.3, -0.25) is 4.79 Å². The second-order valence-corrected chi connectivity index (χ2v) is 6.38. The maximum Gasteiger partial charge on any atom is 0.270 e. The number of pyridine rings is 1. The summed E-state index contributed by atoms with van der Waals surface area (Å²) in [6.07, 6.45) is 3.29. The van der Waals surface area contributed by atoms with Crippen molar-refractivity contribution in [2.75, 3.05) is 11.9 Å². The van der Waals surface area contributed by atoms with Crippen LogP contribution in [0.1, 0.15) is 36.8 Å². The number of aromatic nitrogens is 1. The summed E-state index contributed by atoms with van der Waals surface area (Å²) >= 11 is 0. The molecule has 120 valence electrons. The fraction of sp³-hybridized carbons (Fsp3) is 0.263. The number of hydrogen-bond acceptors (Lipinski definition) is 3. The summed E-state index contributed by atoms with van der Waals surface area (Å²) in [5.74, 6) is -0.203. The largest absolute Gasteiger partial charge is 0.354 e. The zero-order chi connectivity index (χ0) is 16.9. The van der Waals surface area contributed by atoms with Crippen molar-refractivity contribution in [3.63, 3.8) is 0 Å². The van der Waals surface area contributed by atoms with Gasteiger partial charge < -0.3 is 10.6 Å². The van der Waals surface area contributed by atoms with Crippen LogP contribution in [0.2, 0.25) is 0 Å². The number of benzene rings is 1. The van der Waals surface area contributed by atoms with Gasteiger partial charge >= 0.3 is 0 Å². The van der Waals surface area contributed by atoms with Crippen molar-refractivity contribution >= 4 is 17.3 Å². The molecule has 0 spiro atoms. The Balaban J connectivity index is 2.03. The van der Waals surface area contributed by atoms with Crippen molar-refractivity contribution in [3.8, 4) is 0 Å². The second-order valence-electron chi connectivity index (χ2n) is 6.38. The number of anilines is 2. The molecule has 0 bridgehead atoms. The topological polar surface area (TPSA) is 54.0 Å². The summed E-state index contributed by atoms with van der Waals surface area (Å²) in [6, 6.07) is 11.9. The van der Waals surface area contributed by atoms with Crippen LogP contribution in [0.4, 0.5) is 11.4 Å². The van der Waals surface area contributed by atoms with Gasteiger partial charge in [0.2, 0.25) is 0 Å². The highest BCUT2D eigenvalue weighted by atomic mass is 16.1. The van der Waals surface area contributed by atoms with Gasteiger partial charge in [0.25, 0.3) is 5.91 Å². The van der Waals surface area contributed by atoms with Gasteiger partial charge in [-0.05, 0) is 35.2 Å². The highest BCUT2D eigenvalue weighted by molar-refractivity contribution is 5.92. The molecule has 2 rings (SSSR count). The molecule has 1 aromatic heterocycles. The molecule has 0 aliphatic carbocycles. The van der Waals surface area contributed by atoms with E-state index in [9.17, 15) is 4.79 Å². The van der Waals surface area contributed by atoms with Gasteiger partial charge in [0.1, 0.15) is 5.69 Å². The highest BCUT2D eigenvalue weighted by Crippen LogP contribution is 2.24. The van der Waals surface area contributed by atoms with Crippen LogP contribution >= 0.6 is 0 Å². The Bertz CT molecular complexity index is 667. The molecule has 1 aromatic carbocycles. The zero-order valence-electron chi connectivity index (χ0n) is 13.9. The Hall–Kier alpha value is -2.62. The molecule has 0 atom stereocenters. The fourth-order valence-corrected chi connectivity index (χ4v) is 2.08. The predicted molar refractivity (Wildman–Crippen MR) is 95.2 cm³/mol. The van der Waals surface area contributed by atoms with E-state index in [4.69, 9.17) is 0 Å². The first kappa shape index (κ1) is 16.7. The number of hydrogen-bond donors (Lipinski definition) is 2. The Labute approximate surface area is 137 Å². The average Bonchev–Trinajstić information content (AvgIpc) is 2.53. The molecule has 0 saturated heterocycles. The van der Waals surface area contributed by atoms with Crippen molar-refractivity contribution < 1.29 is 4.79 Å². The van der Waals surface area contributed by atoms with E-state index in [1.165, 1.54) is 5.56 Å². The smallest absolute Gasteiger partial charge is 0.270 e. The van der Waals surface area contributed by atoms with E-state index < -0.39 is 0 Å². The van der Waals surface area contributed by atoms with Gasteiger partial charge in [0.05, 0.1) is 11.9 Å². The molecule has 2 N–H and O–H groups in total. The van der Waals surface area contributed by atoms with E-state index in [-0.39, 0.29) is 11.3 Å². The molecule has 0 fully saturated rings. The SMILES string of the molecule is C=CCNC(=O)c1ccc(Nc2ccc(C(C)(C)C)cc2)cn1. The lowest BCUT2D eigenvalue weighted by molar-refractivity contribution is 0.0953. The standard InChI is InChI=1S/C19H23N3O/c1-5-12-20-18(23)17-11-10-16(13-21-17)22-15-8-6-14(7-9-15)19(2,3)4/h5-11,13,22H,1,12H2,2-4H3,(H,20,23). The third-order valence-corrected chi connectivity index (χ3v) is 3.44. The summed E-state index contributed by atoms with van der Waals surface area (Å²) < 4.78 is 0. The second kappa shape index (κ2) is 7.09. The van der Waals surface area contributed by atoms with E-state index in [1.807, 2.05) is 18.2 Å². The number of carbonyl (C=O) groups is 1. The van der Waals surface area contributed by atoms with Gasteiger partial charge in [-0.1, -0.05) is 39.0 Å². The molecular formula is C19H23N3O. The van der Waals surface area contributed by atoms with Gasteiger partial charge in [-0.2, -0.15) is 0 Å². The minimum atomic E-state index is -0.203. The molecule has 23 heavy (non-hydrogen) atoms. The van der Waals surface area contributed by atoms with Crippen LogP contribution in [-0.4, -0.2) is 17.4 Å². The first-order valence-corrected chi connectivity index (χ1v) is 7.63. The maximum absolute atomic E-state index is 11.8. The molecule has 0 aliphatic heterocycles. The average molecular weight is 309 g/mol. The van der Waals surface area contributed by atoms with Crippen LogP contribution < -0.4 is 10.6 Å². The van der Waals surface area contributed by atoms with Gasteiger partial charge in [-0.25, -0.2) is 4.98 Å². The molecular weight excluding hydrogens is 286 g/mol. The zero-order valence-corrected chi connectivity index (χ0v) is 13.9. The quantitative estimate of drug-likeness (QED) is 0.820. The minimum absolute atomic E-state index is 0.139. The number of nitrogens with one attached hydrogen (secondary N) is 2. The van der Waals surface area contributed by atoms with E-state index in [0.29, 0.717) is 12.2 Å². The lowest BCUT2D eigenvalue weighted by Gasteiger charge is -2.19. The number of rotatable bonds is 5. The summed E-state index contributed by atoms with van der Waals surface area (Å²) in [7, 11) is 0. The molecule has 0 unspecified atom stereocenters. The fourth-order valence-electron chi connectivity index (χ4n) is 2.08. The summed E-state index contributed by atoms with van der Waals surface area (Å²) in [5, 5.41) is 5.98. The van der Waals surface area contributed by atoms with Crippen LogP contribution in [0.25, 0.3) is 0 Å². The number of carbonyl (C=O) groups excluding carboxylic acids is 1. The predicted octanol–water partition coefficient (Wildman–Crippen LogP) is 4.04. The Kier molecular flexibility index (Phi) is 5.16. The third-order valence-electron chi connectivity index (χ3n) is 3.44. The van der Waals surface area contributed by atoms with E-state index in [0.717, 1.165) is 11.4 Å². The maximum atomic E-state index is 11.8.